The Hall–Kier alpha value is -1.51. The van der Waals surface area contributed by atoms with E-state index in [1.54, 1.807) is 0 Å². The summed E-state index contributed by atoms with van der Waals surface area (Å²) < 4.78 is 50.2. The minimum absolute atomic E-state index is 0.00721. The normalized spacial score (nSPS) is 11.1. The van der Waals surface area contributed by atoms with E-state index in [-0.39, 0.29) is 28.9 Å². The number of rotatable bonds is 5. The Balaban J connectivity index is 3.22. The largest absolute Gasteiger partial charge is 0.573 e. The lowest BCUT2D eigenvalue weighted by atomic mass is 10.1. The molecule has 0 spiro atoms. The zero-order chi connectivity index (χ0) is 15.3. The Bertz CT molecular complexity index is 493. The van der Waals surface area contributed by atoms with Crippen molar-refractivity contribution >= 4 is 21.9 Å². The number of carbonyl (C=O) groups excluding carboxylic acids is 1. The second kappa shape index (κ2) is 6.78. The molecule has 5 nitrogen and oxygen atoms in total. The average molecular weight is 358 g/mol. The number of hydrogen-bond acceptors (Lipinski definition) is 5. The molecule has 20 heavy (non-hydrogen) atoms. The van der Waals surface area contributed by atoms with Crippen molar-refractivity contribution < 1.29 is 32.2 Å². The SMILES string of the molecule is COC(=O)Cc1cc(OC(F)(F)F)c(CBr)nc1OC. The van der Waals surface area contributed by atoms with Gasteiger partial charge in [-0.15, -0.1) is 13.2 Å². The molecule has 0 atom stereocenters. The van der Waals surface area contributed by atoms with E-state index in [9.17, 15) is 18.0 Å². The Kier molecular flexibility index (Phi) is 5.61. The molecule has 0 N–H and O–H groups in total. The molecule has 112 valence electrons. The molecule has 1 heterocycles. The first-order chi connectivity index (χ1) is 9.30. The van der Waals surface area contributed by atoms with E-state index in [4.69, 9.17) is 4.74 Å². The van der Waals surface area contributed by atoms with Crippen molar-refractivity contribution in [2.75, 3.05) is 14.2 Å². The fourth-order valence-corrected chi connectivity index (χ4v) is 1.79. The highest BCUT2D eigenvalue weighted by atomic mass is 79.9. The van der Waals surface area contributed by atoms with Crippen LogP contribution in [-0.4, -0.2) is 31.5 Å². The molecule has 0 saturated carbocycles. The van der Waals surface area contributed by atoms with E-state index in [1.165, 1.54) is 14.2 Å². The monoisotopic (exact) mass is 357 g/mol. The van der Waals surface area contributed by atoms with Gasteiger partial charge in [0, 0.05) is 10.9 Å². The maximum absolute atomic E-state index is 12.3. The van der Waals surface area contributed by atoms with Crippen molar-refractivity contribution in [1.29, 1.82) is 0 Å². The number of nitrogens with zero attached hydrogens (tertiary/aromatic N) is 1. The molecule has 0 amide bonds. The lowest BCUT2D eigenvalue weighted by Crippen LogP contribution is -2.19. The number of esters is 1. The molecule has 0 unspecified atom stereocenters. The topological polar surface area (TPSA) is 57.7 Å². The van der Waals surface area contributed by atoms with Crippen LogP contribution in [0.5, 0.6) is 11.6 Å². The van der Waals surface area contributed by atoms with Crippen LogP contribution < -0.4 is 9.47 Å². The van der Waals surface area contributed by atoms with Gasteiger partial charge in [-0.3, -0.25) is 4.79 Å². The standard InChI is InChI=1S/C11H11BrF3NO4/c1-18-9(17)4-6-3-8(20-11(13,14)15)7(5-12)16-10(6)19-2/h3H,4-5H2,1-2H3. The van der Waals surface area contributed by atoms with E-state index in [1.807, 2.05) is 0 Å². The van der Waals surface area contributed by atoms with Crippen molar-refractivity contribution in [3.05, 3.63) is 17.3 Å². The highest BCUT2D eigenvalue weighted by molar-refractivity contribution is 9.08. The molecule has 0 aromatic carbocycles. The van der Waals surface area contributed by atoms with Gasteiger partial charge in [-0.1, -0.05) is 15.9 Å². The quantitative estimate of drug-likeness (QED) is 0.598. The molecule has 0 bridgehead atoms. The van der Waals surface area contributed by atoms with E-state index in [0.717, 1.165) is 6.07 Å². The number of ether oxygens (including phenoxy) is 3. The predicted octanol–water partition coefficient (Wildman–Crippen LogP) is 2.60. The van der Waals surface area contributed by atoms with Crippen molar-refractivity contribution in [2.24, 2.45) is 0 Å². The second-order valence-corrected chi connectivity index (χ2v) is 4.10. The zero-order valence-electron chi connectivity index (χ0n) is 10.6. The van der Waals surface area contributed by atoms with Crippen molar-refractivity contribution in [2.45, 2.75) is 18.1 Å². The van der Waals surface area contributed by atoms with E-state index in [0.29, 0.717) is 0 Å². The van der Waals surface area contributed by atoms with Gasteiger partial charge in [0.2, 0.25) is 5.88 Å². The van der Waals surface area contributed by atoms with Crippen LogP contribution in [0.3, 0.4) is 0 Å². The van der Waals surface area contributed by atoms with Crippen molar-refractivity contribution in [1.82, 2.24) is 4.98 Å². The first-order valence-electron chi connectivity index (χ1n) is 5.26. The molecule has 1 aromatic heterocycles. The van der Waals surface area contributed by atoms with Gasteiger partial charge < -0.3 is 14.2 Å². The summed E-state index contributed by atoms with van der Waals surface area (Å²) >= 11 is 3.01. The Morgan fingerprint density at radius 3 is 2.50 bits per heavy atom. The lowest BCUT2D eigenvalue weighted by Gasteiger charge is -2.15. The van der Waals surface area contributed by atoms with E-state index < -0.39 is 18.1 Å². The lowest BCUT2D eigenvalue weighted by molar-refractivity contribution is -0.275. The molecule has 9 heteroatoms. The van der Waals surface area contributed by atoms with Crippen molar-refractivity contribution in [3.8, 4) is 11.6 Å². The van der Waals surface area contributed by atoms with Crippen LogP contribution >= 0.6 is 15.9 Å². The summed E-state index contributed by atoms with van der Waals surface area (Å²) in [6, 6.07) is 1.06. The molecule has 0 fully saturated rings. The zero-order valence-corrected chi connectivity index (χ0v) is 12.2. The molecular formula is C11H11BrF3NO4. The van der Waals surface area contributed by atoms with E-state index >= 15 is 0 Å². The molecular weight excluding hydrogens is 347 g/mol. The van der Waals surface area contributed by atoms with Gasteiger partial charge in [0.15, 0.2) is 5.75 Å². The maximum atomic E-state index is 12.3. The highest BCUT2D eigenvalue weighted by Crippen LogP contribution is 2.31. The van der Waals surface area contributed by atoms with E-state index in [2.05, 4.69) is 30.4 Å². The van der Waals surface area contributed by atoms with Gasteiger partial charge in [0.1, 0.15) is 0 Å². The summed E-state index contributed by atoms with van der Waals surface area (Å²) in [4.78, 5) is 15.1. The Labute approximate surface area is 121 Å². The summed E-state index contributed by atoms with van der Waals surface area (Å²) in [7, 11) is 2.47. The van der Waals surface area contributed by atoms with Gasteiger partial charge in [-0.05, 0) is 6.07 Å². The van der Waals surface area contributed by atoms with Gasteiger partial charge in [-0.2, -0.15) is 0 Å². The average Bonchev–Trinajstić information content (AvgIpc) is 2.37. The van der Waals surface area contributed by atoms with Gasteiger partial charge in [0.25, 0.3) is 0 Å². The first kappa shape index (κ1) is 16.5. The third-order valence-corrected chi connectivity index (χ3v) is 2.74. The second-order valence-electron chi connectivity index (χ2n) is 3.54. The highest BCUT2D eigenvalue weighted by Gasteiger charge is 2.33. The predicted molar refractivity (Wildman–Crippen MR) is 65.8 cm³/mol. The molecule has 0 aliphatic carbocycles. The fourth-order valence-electron chi connectivity index (χ4n) is 1.39. The summed E-state index contributed by atoms with van der Waals surface area (Å²) in [5.74, 6) is -1.08. The number of hydrogen-bond donors (Lipinski definition) is 0. The molecule has 1 rings (SSSR count). The third-order valence-electron chi connectivity index (χ3n) is 2.21. The minimum atomic E-state index is -4.85. The molecule has 0 radical (unpaired) electrons. The van der Waals surface area contributed by atoms with Crippen molar-refractivity contribution in [3.63, 3.8) is 0 Å². The fraction of sp³-hybridized carbons (Fsp3) is 0.455. The number of methoxy groups -OCH3 is 2. The summed E-state index contributed by atoms with van der Waals surface area (Å²) in [5, 5.41) is 0.0350. The van der Waals surface area contributed by atoms with Crippen LogP contribution in [0.2, 0.25) is 0 Å². The molecule has 0 saturated heterocycles. The van der Waals surface area contributed by atoms with Crippen LogP contribution in [0.25, 0.3) is 0 Å². The minimum Gasteiger partial charge on any atom is -0.481 e. The van der Waals surface area contributed by atoms with Gasteiger partial charge in [-0.25, -0.2) is 4.98 Å². The number of alkyl halides is 4. The van der Waals surface area contributed by atoms with Gasteiger partial charge in [0.05, 0.1) is 26.3 Å². The number of pyridine rings is 1. The number of carbonyl (C=O) groups is 1. The van der Waals surface area contributed by atoms with Crippen LogP contribution in [-0.2, 0) is 21.3 Å². The maximum Gasteiger partial charge on any atom is 0.573 e. The summed E-state index contributed by atoms with van der Waals surface area (Å²) in [5.41, 5.74) is 0.149. The summed E-state index contributed by atoms with van der Waals surface area (Å²) in [6.45, 7) is 0. The first-order valence-corrected chi connectivity index (χ1v) is 6.38. The van der Waals surface area contributed by atoms with Gasteiger partial charge >= 0.3 is 12.3 Å². The third kappa shape index (κ3) is 4.55. The van der Waals surface area contributed by atoms with Crippen LogP contribution in [0.15, 0.2) is 6.07 Å². The smallest absolute Gasteiger partial charge is 0.481 e. The summed E-state index contributed by atoms with van der Waals surface area (Å²) in [6.07, 6.45) is -5.13. The molecule has 0 aliphatic heterocycles. The van der Waals surface area contributed by atoms with Crippen LogP contribution in [0.1, 0.15) is 11.3 Å². The van der Waals surface area contributed by atoms with Crippen LogP contribution in [0.4, 0.5) is 13.2 Å². The number of halogens is 4. The molecule has 0 aliphatic rings. The Morgan fingerprint density at radius 2 is 2.05 bits per heavy atom. The molecule has 1 aromatic rings. The Morgan fingerprint density at radius 1 is 1.40 bits per heavy atom. The number of aromatic nitrogens is 1. The van der Waals surface area contributed by atoms with Crippen LogP contribution in [0, 0.1) is 0 Å².